The van der Waals surface area contributed by atoms with Crippen LogP contribution in [0.4, 0.5) is 0 Å². The second kappa shape index (κ2) is 8.94. The molecule has 6 heteroatoms. The molecule has 0 unspecified atom stereocenters. The number of carbonyl (C=O) groups is 2. The molecule has 0 spiro atoms. The van der Waals surface area contributed by atoms with Crippen LogP contribution in [0.1, 0.15) is 38.3 Å². The number of likely N-dealkylation sites (tertiary alicyclic amines) is 1. The van der Waals surface area contributed by atoms with Gasteiger partial charge in [0.15, 0.2) is 0 Å². The Bertz CT molecular complexity index is 574. The fourth-order valence-electron chi connectivity index (χ4n) is 3.56. The zero-order valence-electron chi connectivity index (χ0n) is 15.8. The summed E-state index contributed by atoms with van der Waals surface area (Å²) in [6, 6.07) is 3.56. The summed E-state index contributed by atoms with van der Waals surface area (Å²) in [6.07, 6.45) is 4.67. The Morgan fingerprint density at radius 2 is 2.04 bits per heavy atom. The van der Waals surface area contributed by atoms with E-state index in [1.165, 1.54) is 0 Å². The van der Waals surface area contributed by atoms with Gasteiger partial charge in [0.1, 0.15) is 0 Å². The molecule has 0 aliphatic carbocycles. The molecule has 1 aromatic heterocycles. The number of rotatable bonds is 8. The summed E-state index contributed by atoms with van der Waals surface area (Å²) in [4.78, 5) is 35.1. The van der Waals surface area contributed by atoms with Gasteiger partial charge in [0.05, 0.1) is 12.0 Å². The van der Waals surface area contributed by atoms with Gasteiger partial charge in [-0.2, -0.15) is 0 Å². The Hall–Kier alpha value is -1.95. The number of aromatic nitrogens is 1. The number of carbonyl (C=O) groups excluding carboxylic acids is 2. The van der Waals surface area contributed by atoms with E-state index in [1.54, 1.807) is 29.2 Å². The highest BCUT2D eigenvalue weighted by molar-refractivity contribution is 5.90. The number of hydrogen-bond acceptors (Lipinski definition) is 4. The normalized spacial score (nSPS) is 20.4. The van der Waals surface area contributed by atoms with Crippen LogP contribution in [0.5, 0.6) is 0 Å². The molecule has 0 bridgehead atoms. The second-order valence-corrected chi connectivity index (χ2v) is 6.69. The molecule has 1 fully saturated rings. The first-order valence-electron chi connectivity index (χ1n) is 9.12. The highest BCUT2D eigenvalue weighted by Gasteiger charge is 2.43. The van der Waals surface area contributed by atoms with E-state index in [9.17, 15) is 9.59 Å². The molecule has 1 aliphatic heterocycles. The van der Waals surface area contributed by atoms with Crippen LogP contribution in [0.3, 0.4) is 0 Å². The van der Waals surface area contributed by atoms with Crippen molar-refractivity contribution in [2.24, 2.45) is 5.92 Å². The largest absolute Gasteiger partial charge is 0.345 e. The van der Waals surface area contributed by atoms with Gasteiger partial charge in [-0.1, -0.05) is 19.9 Å². The van der Waals surface area contributed by atoms with Crippen LogP contribution in [0, 0.1) is 5.92 Å². The molecule has 1 aliphatic rings. The van der Waals surface area contributed by atoms with Crippen LogP contribution < -0.4 is 0 Å². The zero-order valence-corrected chi connectivity index (χ0v) is 15.8. The van der Waals surface area contributed by atoms with Gasteiger partial charge in [-0.15, -0.1) is 0 Å². The van der Waals surface area contributed by atoms with Crippen LogP contribution >= 0.6 is 0 Å². The predicted octanol–water partition coefficient (Wildman–Crippen LogP) is 1.79. The third-order valence-corrected chi connectivity index (χ3v) is 5.17. The molecule has 1 aromatic rings. The van der Waals surface area contributed by atoms with Crippen LogP contribution in [-0.2, 0) is 9.59 Å². The van der Waals surface area contributed by atoms with Crippen LogP contribution in [-0.4, -0.2) is 71.8 Å². The lowest BCUT2D eigenvalue weighted by Gasteiger charge is -2.28. The molecule has 0 aromatic carbocycles. The van der Waals surface area contributed by atoms with Crippen molar-refractivity contribution in [1.29, 1.82) is 0 Å². The SMILES string of the molecule is CCN(CC)CCCN(C)C(=O)[C@@H]1CC(=O)N(C)[C@H]1c1cccnc1. The molecule has 2 heterocycles. The fourth-order valence-corrected chi connectivity index (χ4v) is 3.56. The van der Waals surface area contributed by atoms with Crippen molar-refractivity contribution in [3.8, 4) is 0 Å². The summed E-state index contributed by atoms with van der Waals surface area (Å²) >= 11 is 0. The minimum atomic E-state index is -0.333. The average Bonchev–Trinajstić information content (AvgIpc) is 2.93. The van der Waals surface area contributed by atoms with E-state index in [0.717, 1.165) is 31.6 Å². The molecular formula is C19H30N4O2. The lowest BCUT2D eigenvalue weighted by molar-refractivity contribution is -0.135. The fraction of sp³-hybridized carbons (Fsp3) is 0.632. The van der Waals surface area contributed by atoms with E-state index in [0.29, 0.717) is 6.54 Å². The van der Waals surface area contributed by atoms with Crippen LogP contribution in [0.25, 0.3) is 0 Å². The Balaban J connectivity index is 2.02. The standard InChI is InChI=1S/C19H30N4O2/c1-5-23(6-2)12-8-11-21(3)19(25)16-13-17(24)22(4)18(16)15-9-7-10-20-14-15/h7,9-10,14,16,18H,5-6,8,11-13H2,1-4H3/t16-,18+/m1/s1. The van der Waals surface area contributed by atoms with Crippen molar-refractivity contribution in [2.75, 3.05) is 40.3 Å². The minimum absolute atomic E-state index is 0.0174. The second-order valence-electron chi connectivity index (χ2n) is 6.69. The van der Waals surface area contributed by atoms with Gasteiger partial charge >= 0.3 is 0 Å². The monoisotopic (exact) mass is 346 g/mol. The van der Waals surface area contributed by atoms with E-state index < -0.39 is 0 Å². The lowest BCUT2D eigenvalue weighted by atomic mass is 9.93. The summed E-state index contributed by atoms with van der Waals surface area (Å²) < 4.78 is 0. The highest BCUT2D eigenvalue weighted by Crippen LogP contribution is 2.37. The maximum atomic E-state index is 12.9. The number of pyridine rings is 1. The summed E-state index contributed by atoms with van der Waals surface area (Å²) in [7, 11) is 3.61. The van der Waals surface area contributed by atoms with Crippen molar-refractivity contribution in [3.05, 3.63) is 30.1 Å². The molecule has 1 saturated heterocycles. The van der Waals surface area contributed by atoms with E-state index >= 15 is 0 Å². The third-order valence-electron chi connectivity index (χ3n) is 5.17. The Labute approximate surface area is 150 Å². The maximum absolute atomic E-state index is 12.9. The summed E-state index contributed by atoms with van der Waals surface area (Å²) in [6.45, 7) is 8.05. The van der Waals surface area contributed by atoms with Crippen LogP contribution in [0.2, 0.25) is 0 Å². The quantitative estimate of drug-likeness (QED) is 0.720. The first-order valence-corrected chi connectivity index (χ1v) is 9.12. The summed E-state index contributed by atoms with van der Waals surface area (Å²) in [5.74, 6) is -0.269. The Morgan fingerprint density at radius 3 is 2.64 bits per heavy atom. The summed E-state index contributed by atoms with van der Waals surface area (Å²) in [5, 5.41) is 0. The predicted molar refractivity (Wildman–Crippen MR) is 97.9 cm³/mol. The van der Waals surface area contributed by atoms with Crippen molar-refractivity contribution < 1.29 is 9.59 Å². The van der Waals surface area contributed by atoms with Crippen molar-refractivity contribution in [2.45, 2.75) is 32.7 Å². The number of amides is 2. The molecule has 25 heavy (non-hydrogen) atoms. The van der Waals surface area contributed by atoms with Gasteiger partial charge in [-0.05, 0) is 37.7 Å². The smallest absolute Gasteiger partial charge is 0.228 e. The maximum Gasteiger partial charge on any atom is 0.228 e. The minimum Gasteiger partial charge on any atom is -0.345 e. The first kappa shape index (κ1) is 19.4. The van der Waals surface area contributed by atoms with Gasteiger partial charge in [-0.25, -0.2) is 0 Å². The van der Waals surface area contributed by atoms with Gasteiger partial charge in [-0.3, -0.25) is 14.6 Å². The topological polar surface area (TPSA) is 56.8 Å². The van der Waals surface area contributed by atoms with Gasteiger partial charge in [0.25, 0.3) is 0 Å². The lowest BCUT2D eigenvalue weighted by Crippen LogP contribution is -2.37. The summed E-state index contributed by atoms with van der Waals surface area (Å²) in [5.41, 5.74) is 0.922. The highest BCUT2D eigenvalue weighted by atomic mass is 16.2. The molecule has 0 saturated carbocycles. The Morgan fingerprint density at radius 1 is 1.32 bits per heavy atom. The van der Waals surface area contributed by atoms with Crippen molar-refractivity contribution in [3.63, 3.8) is 0 Å². The zero-order chi connectivity index (χ0) is 18.4. The molecule has 6 nitrogen and oxygen atoms in total. The van der Waals surface area contributed by atoms with Gasteiger partial charge < -0.3 is 14.7 Å². The van der Waals surface area contributed by atoms with E-state index in [2.05, 4.69) is 23.7 Å². The van der Waals surface area contributed by atoms with E-state index in [1.807, 2.05) is 19.2 Å². The van der Waals surface area contributed by atoms with Crippen molar-refractivity contribution >= 4 is 11.8 Å². The van der Waals surface area contributed by atoms with Gasteiger partial charge in [0.2, 0.25) is 11.8 Å². The van der Waals surface area contributed by atoms with E-state index in [-0.39, 0.29) is 30.2 Å². The van der Waals surface area contributed by atoms with Gasteiger partial charge in [0, 0.05) is 39.5 Å². The van der Waals surface area contributed by atoms with Crippen LogP contribution in [0.15, 0.2) is 24.5 Å². The molecular weight excluding hydrogens is 316 g/mol. The first-order chi connectivity index (χ1) is 12.0. The molecule has 0 radical (unpaired) electrons. The molecule has 0 N–H and O–H groups in total. The Kier molecular flexibility index (Phi) is 6.93. The molecule has 2 atom stereocenters. The number of hydrogen-bond donors (Lipinski definition) is 0. The molecule has 2 amide bonds. The number of nitrogens with zero attached hydrogens (tertiary/aromatic N) is 4. The molecule has 2 rings (SSSR count). The van der Waals surface area contributed by atoms with E-state index in [4.69, 9.17) is 0 Å². The molecule has 138 valence electrons. The third kappa shape index (κ3) is 4.57. The average molecular weight is 346 g/mol. The van der Waals surface area contributed by atoms with Crippen molar-refractivity contribution in [1.82, 2.24) is 19.7 Å².